The van der Waals surface area contributed by atoms with E-state index in [4.69, 9.17) is 10.2 Å². The summed E-state index contributed by atoms with van der Waals surface area (Å²) in [7, 11) is 0. The van der Waals surface area contributed by atoms with Crippen molar-refractivity contribution in [2.45, 2.75) is 0 Å². The molecule has 5 heteroatoms. The van der Waals surface area contributed by atoms with E-state index in [9.17, 15) is 14.6 Å². The van der Waals surface area contributed by atoms with E-state index in [1.807, 2.05) is 0 Å². The van der Waals surface area contributed by atoms with Gasteiger partial charge in [0.1, 0.15) is 5.82 Å². The van der Waals surface area contributed by atoms with Gasteiger partial charge in [0.15, 0.2) is 5.76 Å². The Balaban J connectivity index is 2.65. The minimum absolute atomic E-state index is 0.0435. The Labute approximate surface area is 84.4 Å². The second-order valence-corrected chi connectivity index (χ2v) is 2.97. The molecule has 0 aliphatic carbocycles. The number of rotatable bonds is 1. The number of hydrogen-bond acceptors (Lipinski definition) is 4. The number of anilines is 1. The third-order valence-corrected chi connectivity index (χ3v) is 2.00. The molecule has 1 aromatic heterocycles. The maximum atomic E-state index is 13.3. The van der Waals surface area contributed by atoms with Crippen molar-refractivity contribution in [3.8, 4) is 22.8 Å². The van der Waals surface area contributed by atoms with Crippen LogP contribution in [0, 0.1) is 5.82 Å². The smallest absolute Gasteiger partial charge is 0.237 e. The van der Waals surface area contributed by atoms with E-state index in [2.05, 4.69) is 0 Å². The predicted octanol–water partition coefficient (Wildman–Crippen LogP) is 2.08. The van der Waals surface area contributed by atoms with E-state index in [1.165, 1.54) is 18.2 Å². The molecule has 0 fully saturated rings. The first kappa shape index (κ1) is 9.39. The van der Waals surface area contributed by atoms with Crippen molar-refractivity contribution < 1.29 is 19.0 Å². The van der Waals surface area contributed by atoms with Crippen molar-refractivity contribution in [3.05, 3.63) is 30.1 Å². The van der Waals surface area contributed by atoms with Crippen LogP contribution in [0.1, 0.15) is 0 Å². The van der Waals surface area contributed by atoms with E-state index in [-0.39, 0.29) is 17.2 Å². The molecule has 0 bridgehead atoms. The molecule has 4 nitrogen and oxygen atoms in total. The van der Waals surface area contributed by atoms with Crippen LogP contribution in [0.5, 0.6) is 11.5 Å². The highest BCUT2D eigenvalue weighted by Crippen LogP contribution is 2.44. The average molecular weight is 209 g/mol. The average Bonchev–Trinajstić information content (AvgIpc) is 2.47. The molecule has 0 unspecified atom stereocenters. The first-order valence-corrected chi connectivity index (χ1v) is 4.16. The molecule has 1 aromatic carbocycles. The van der Waals surface area contributed by atoms with Gasteiger partial charge in [-0.1, -0.05) is 12.1 Å². The zero-order valence-electron chi connectivity index (χ0n) is 7.57. The number of aromatic hydroxyl groups is 2. The lowest BCUT2D eigenvalue weighted by atomic mass is 10.1. The number of nitrogen functional groups attached to an aromatic ring is 1. The van der Waals surface area contributed by atoms with Crippen LogP contribution in [0.15, 0.2) is 28.7 Å². The Hall–Kier alpha value is -2.17. The summed E-state index contributed by atoms with van der Waals surface area (Å²) in [6, 6.07) is 5.70. The molecular weight excluding hydrogens is 201 g/mol. The minimum Gasteiger partial charge on any atom is -0.502 e. The molecule has 1 heterocycles. The standard InChI is InChI=1S/C10H8FNO3/c11-6-4-2-1-3-5(6)9-7(13)8(14)10(12)15-9/h1-4,13-14H,12H2. The van der Waals surface area contributed by atoms with E-state index in [0.717, 1.165) is 0 Å². The highest BCUT2D eigenvalue weighted by Gasteiger charge is 2.20. The van der Waals surface area contributed by atoms with Crippen molar-refractivity contribution >= 4 is 5.88 Å². The fourth-order valence-corrected chi connectivity index (χ4v) is 1.26. The fraction of sp³-hybridized carbons (Fsp3) is 0. The van der Waals surface area contributed by atoms with Crippen LogP contribution in [0.3, 0.4) is 0 Å². The van der Waals surface area contributed by atoms with Gasteiger partial charge in [-0.15, -0.1) is 0 Å². The van der Waals surface area contributed by atoms with Gasteiger partial charge in [-0.25, -0.2) is 4.39 Å². The van der Waals surface area contributed by atoms with Gasteiger partial charge in [0.2, 0.25) is 17.4 Å². The molecule has 2 rings (SSSR count). The Morgan fingerprint density at radius 2 is 1.80 bits per heavy atom. The molecule has 0 aliphatic rings. The quantitative estimate of drug-likeness (QED) is 0.671. The Morgan fingerprint density at radius 3 is 2.33 bits per heavy atom. The highest BCUT2D eigenvalue weighted by atomic mass is 19.1. The molecule has 78 valence electrons. The molecule has 0 radical (unpaired) electrons. The van der Waals surface area contributed by atoms with Crippen molar-refractivity contribution in [1.29, 1.82) is 0 Å². The van der Waals surface area contributed by atoms with E-state index >= 15 is 0 Å². The lowest BCUT2D eigenvalue weighted by molar-refractivity contribution is 0.410. The van der Waals surface area contributed by atoms with Gasteiger partial charge < -0.3 is 20.4 Å². The summed E-state index contributed by atoms with van der Waals surface area (Å²) in [4.78, 5) is 0. The van der Waals surface area contributed by atoms with Crippen molar-refractivity contribution in [1.82, 2.24) is 0 Å². The molecule has 0 saturated carbocycles. The number of benzene rings is 1. The Kier molecular flexibility index (Phi) is 2.00. The van der Waals surface area contributed by atoms with Gasteiger partial charge in [-0.05, 0) is 12.1 Å². The van der Waals surface area contributed by atoms with Crippen LogP contribution in [0.2, 0.25) is 0 Å². The Morgan fingerprint density at radius 1 is 1.13 bits per heavy atom. The largest absolute Gasteiger partial charge is 0.502 e. The van der Waals surface area contributed by atoms with Crippen molar-refractivity contribution in [2.75, 3.05) is 5.73 Å². The van der Waals surface area contributed by atoms with E-state index in [1.54, 1.807) is 6.07 Å². The second-order valence-electron chi connectivity index (χ2n) is 2.97. The number of furan rings is 1. The van der Waals surface area contributed by atoms with Gasteiger partial charge in [0.05, 0.1) is 5.56 Å². The second kappa shape index (κ2) is 3.20. The van der Waals surface area contributed by atoms with Gasteiger partial charge in [-0.3, -0.25) is 0 Å². The number of nitrogens with two attached hydrogens (primary N) is 1. The first-order valence-electron chi connectivity index (χ1n) is 4.16. The molecule has 4 N–H and O–H groups in total. The van der Waals surface area contributed by atoms with Crippen molar-refractivity contribution in [3.63, 3.8) is 0 Å². The summed E-state index contributed by atoms with van der Waals surface area (Å²) in [5.41, 5.74) is 5.27. The molecule has 0 saturated heterocycles. The first-order chi connectivity index (χ1) is 7.11. The number of hydrogen-bond donors (Lipinski definition) is 3. The third kappa shape index (κ3) is 1.38. The van der Waals surface area contributed by atoms with Gasteiger partial charge in [-0.2, -0.15) is 0 Å². The summed E-state index contributed by atoms with van der Waals surface area (Å²) < 4.78 is 18.2. The van der Waals surface area contributed by atoms with Gasteiger partial charge in [0, 0.05) is 0 Å². The Bertz CT molecular complexity index is 507. The molecule has 0 amide bonds. The molecule has 0 spiro atoms. The van der Waals surface area contributed by atoms with Crippen LogP contribution in [-0.2, 0) is 0 Å². The molecule has 2 aromatic rings. The van der Waals surface area contributed by atoms with E-state index < -0.39 is 17.3 Å². The summed E-state index contributed by atoms with van der Waals surface area (Å²) in [6.45, 7) is 0. The molecule has 15 heavy (non-hydrogen) atoms. The third-order valence-electron chi connectivity index (χ3n) is 2.00. The highest BCUT2D eigenvalue weighted by molar-refractivity contribution is 5.73. The van der Waals surface area contributed by atoms with Crippen LogP contribution >= 0.6 is 0 Å². The lowest BCUT2D eigenvalue weighted by Crippen LogP contribution is -1.81. The molecule has 0 atom stereocenters. The zero-order chi connectivity index (χ0) is 11.0. The van der Waals surface area contributed by atoms with Crippen LogP contribution in [0.4, 0.5) is 10.3 Å². The summed E-state index contributed by atoms with van der Waals surface area (Å²) in [5.74, 6) is -2.22. The molecular formula is C10H8FNO3. The van der Waals surface area contributed by atoms with Gasteiger partial charge in [0.25, 0.3) is 0 Å². The monoisotopic (exact) mass is 209 g/mol. The maximum Gasteiger partial charge on any atom is 0.237 e. The van der Waals surface area contributed by atoms with Crippen molar-refractivity contribution in [2.24, 2.45) is 0 Å². The zero-order valence-corrected chi connectivity index (χ0v) is 7.57. The fourth-order valence-electron chi connectivity index (χ4n) is 1.26. The van der Waals surface area contributed by atoms with Crippen LogP contribution in [-0.4, -0.2) is 10.2 Å². The SMILES string of the molecule is Nc1oc(-c2ccccc2F)c(O)c1O. The van der Waals surface area contributed by atoms with E-state index in [0.29, 0.717) is 0 Å². The van der Waals surface area contributed by atoms with Crippen LogP contribution in [0.25, 0.3) is 11.3 Å². The number of halogens is 1. The summed E-state index contributed by atoms with van der Waals surface area (Å²) >= 11 is 0. The minimum atomic E-state index is -0.576. The lowest BCUT2D eigenvalue weighted by Gasteiger charge is -1.98. The molecule has 0 aliphatic heterocycles. The van der Waals surface area contributed by atoms with Gasteiger partial charge >= 0.3 is 0 Å². The predicted molar refractivity (Wildman–Crippen MR) is 51.8 cm³/mol. The summed E-state index contributed by atoms with van der Waals surface area (Å²) in [5, 5.41) is 18.6. The van der Waals surface area contributed by atoms with Crippen LogP contribution < -0.4 is 5.73 Å². The maximum absolute atomic E-state index is 13.3. The summed E-state index contributed by atoms with van der Waals surface area (Å²) in [6.07, 6.45) is 0. The normalized spacial score (nSPS) is 10.5. The topological polar surface area (TPSA) is 79.6 Å².